The van der Waals surface area contributed by atoms with Crippen LogP contribution >= 0.6 is 27.3 Å². The molecule has 2 aromatic rings. The molecule has 0 spiro atoms. The van der Waals surface area contributed by atoms with Crippen LogP contribution in [0.5, 0.6) is 0 Å². The van der Waals surface area contributed by atoms with Crippen molar-refractivity contribution in [1.82, 2.24) is 10.1 Å². The molecule has 0 aliphatic heterocycles. The van der Waals surface area contributed by atoms with Crippen LogP contribution in [0.3, 0.4) is 0 Å². The Morgan fingerprint density at radius 1 is 1.64 bits per heavy atom. The lowest BCUT2D eigenvalue weighted by atomic mass is 10.5. The van der Waals surface area contributed by atoms with E-state index >= 15 is 0 Å². The largest absolute Gasteiger partial charge is 0.333 e. The number of aromatic nitrogens is 2. The first-order valence-electron chi connectivity index (χ1n) is 4.02. The Balaban J connectivity index is 1.98. The molecule has 0 fully saturated rings. The molecule has 0 unspecified atom stereocenters. The van der Waals surface area contributed by atoms with E-state index in [0.29, 0.717) is 18.4 Å². The molecule has 2 aromatic heterocycles. The van der Waals surface area contributed by atoms with Gasteiger partial charge in [0.25, 0.3) is 0 Å². The second kappa shape index (κ2) is 4.10. The fourth-order valence-corrected chi connectivity index (χ4v) is 2.41. The summed E-state index contributed by atoms with van der Waals surface area (Å²) in [6.45, 7) is 2.48. The highest BCUT2D eigenvalue weighted by Crippen LogP contribution is 2.23. The predicted molar refractivity (Wildman–Crippen MR) is 58.4 cm³/mol. The van der Waals surface area contributed by atoms with Crippen LogP contribution < -0.4 is 5.32 Å². The van der Waals surface area contributed by atoms with Crippen LogP contribution in [0, 0.1) is 6.92 Å². The molecule has 6 heteroatoms. The summed E-state index contributed by atoms with van der Waals surface area (Å²) in [6, 6.07) is 2.48. The zero-order valence-corrected chi connectivity index (χ0v) is 9.85. The molecule has 0 aromatic carbocycles. The second-order valence-corrected chi connectivity index (χ2v) is 4.55. The van der Waals surface area contributed by atoms with Gasteiger partial charge in [-0.05, 0) is 34.3 Å². The number of hydrogen-bond donors (Lipinski definition) is 1. The first-order chi connectivity index (χ1) is 6.75. The van der Waals surface area contributed by atoms with Gasteiger partial charge in [0.05, 0.1) is 6.54 Å². The Bertz CT molecular complexity index is 426. The van der Waals surface area contributed by atoms with Gasteiger partial charge in [-0.2, -0.15) is 4.98 Å². The Labute approximate surface area is 93.5 Å². The zero-order valence-electron chi connectivity index (χ0n) is 7.45. The van der Waals surface area contributed by atoms with Gasteiger partial charge in [-0.15, -0.1) is 11.3 Å². The van der Waals surface area contributed by atoms with Crippen LogP contribution in [0.2, 0.25) is 0 Å². The van der Waals surface area contributed by atoms with Crippen molar-refractivity contribution < 1.29 is 4.52 Å². The quantitative estimate of drug-likeness (QED) is 0.935. The number of halogens is 1. The highest BCUT2D eigenvalue weighted by Gasteiger charge is 2.04. The van der Waals surface area contributed by atoms with Crippen molar-refractivity contribution in [2.24, 2.45) is 0 Å². The molecule has 14 heavy (non-hydrogen) atoms. The fraction of sp³-hybridized carbons (Fsp3) is 0.250. The van der Waals surface area contributed by atoms with Gasteiger partial charge in [-0.25, -0.2) is 0 Å². The number of aryl methyl sites for hydroxylation is 1. The van der Waals surface area contributed by atoms with E-state index < -0.39 is 0 Å². The third kappa shape index (κ3) is 2.13. The van der Waals surface area contributed by atoms with Crippen molar-refractivity contribution in [2.75, 3.05) is 5.32 Å². The van der Waals surface area contributed by atoms with Crippen LogP contribution in [0.4, 0.5) is 6.01 Å². The minimum absolute atomic E-state index is 0.461. The second-order valence-electron chi connectivity index (χ2n) is 2.69. The Kier molecular flexibility index (Phi) is 2.83. The number of rotatable bonds is 3. The molecule has 74 valence electrons. The maximum atomic E-state index is 4.92. The number of anilines is 1. The summed E-state index contributed by atoms with van der Waals surface area (Å²) in [7, 11) is 0. The summed E-state index contributed by atoms with van der Waals surface area (Å²) in [5.41, 5.74) is 0. The Morgan fingerprint density at radius 2 is 2.50 bits per heavy atom. The molecule has 0 aliphatic carbocycles. The van der Waals surface area contributed by atoms with Gasteiger partial charge in [0, 0.05) is 9.35 Å². The third-order valence-corrected chi connectivity index (χ3v) is 3.55. The van der Waals surface area contributed by atoms with E-state index in [9.17, 15) is 0 Å². The van der Waals surface area contributed by atoms with E-state index in [1.807, 2.05) is 11.4 Å². The summed E-state index contributed by atoms with van der Waals surface area (Å²) in [5.74, 6) is 0.637. The van der Waals surface area contributed by atoms with Gasteiger partial charge in [-0.3, -0.25) is 0 Å². The van der Waals surface area contributed by atoms with Gasteiger partial charge in [0.1, 0.15) is 0 Å². The molecule has 0 saturated carbocycles. The minimum atomic E-state index is 0.461. The highest BCUT2D eigenvalue weighted by molar-refractivity contribution is 9.10. The maximum absolute atomic E-state index is 4.92. The molecule has 1 N–H and O–H groups in total. The maximum Gasteiger partial charge on any atom is 0.321 e. The average Bonchev–Trinajstić information content (AvgIpc) is 2.72. The minimum Gasteiger partial charge on any atom is -0.333 e. The number of hydrogen-bond acceptors (Lipinski definition) is 5. The monoisotopic (exact) mass is 273 g/mol. The molecule has 2 heterocycles. The van der Waals surface area contributed by atoms with E-state index in [1.165, 1.54) is 4.88 Å². The van der Waals surface area contributed by atoms with E-state index in [4.69, 9.17) is 4.52 Å². The summed E-state index contributed by atoms with van der Waals surface area (Å²) in [5, 5.41) is 8.76. The summed E-state index contributed by atoms with van der Waals surface area (Å²) >= 11 is 5.13. The molecule has 0 bridgehead atoms. The lowest BCUT2D eigenvalue weighted by Gasteiger charge is -1.97. The Morgan fingerprint density at radius 3 is 3.07 bits per heavy atom. The van der Waals surface area contributed by atoms with Crippen molar-refractivity contribution in [1.29, 1.82) is 0 Å². The first kappa shape index (κ1) is 9.67. The lowest BCUT2D eigenvalue weighted by Crippen LogP contribution is -1.97. The van der Waals surface area contributed by atoms with E-state index in [1.54, 1.807) is 18.3 Å². The van der Waals surface area contributed by atoms with Gasteiger partial charge < -0.3 is 9.84 Å². The van der Waals surface area contributed by atoms with Crippen LogP contribution in [0.1, 0.15) is 10.7 Å². The van der Waals surface area contributed by atoms with Crippen molar-refractivity contribution in [3.8, 4) is 0 Å². The fourth-order valence-electron chi connectivity index (χ4n) is 0.976. The van der Waals surface area contributed by atoms with Gasteiger partial charge in [0.15, 0.2) is 5.82 Å². The summed E-state index contributed by atoms with van der Waals surface area (Å²) in [4.78, 5) is 5.25. The predicted octanol–water partition coefficient (Wildman–Crippen LogP) is 2.81. The molecule has 0 aliphatic rings. The Hall–Kier alpha value is -0.880. The molecule has 4 nitrogen and oxygen atoms in total. The molecular formula is C8H8BrN3OS. The highest BCUT2D eigenvalue weighted by atomic mass is 79.9. The molecule has 0 radical (unpaired) electrons. The lowest BCUT2D eigenvalue weighted by molar-refractivity contribution is 0.425. The number of nitrogens with zero attached hydrogens (tertiary/aromatic N) is 2. The molecule has 2 rings (SSSR count). The van der Waals surface area contributed by atoms with Crippen molar-refractivity contribution in [2.45, 2.75) is 13.5 Å². The van der Waals surface area contributed by atoms with Crippen molar-refractivity contribution in [3.05, 3.63) is 26.6 Å². The van der Waals surface area contributed by atoms with E-state index in [0.717, 1.165) is 4.47 Å². The van der Waals surface area contributed by atoms with Crippen LogP contribution in [-0.4, -0.2) is 10.1 Å². The third-order valence-electron chi connectivity index (χ3n) is 1.62. The normalized spacial score (nSPS) is 10.4. The van der Waals surface area contributed by atoms with Crippen LogP contribution in [0.15, 0.2) is 20.4 Å². The van der Waals surface area contributed by atoms with Gasteiger partial charge in [-0.1, -0.05) is 5.16 Å². The number of nitrogens with one attached hydrogen (secondary N) is 1. The topological polar surface area (TPSA) is 51.0 Å². The van der Waals surface area contributed by atoms with E-state index in [2.05, 4.69) is 31.4 Å². The molecular weight excluding hydrogens is 266 g/mol. The standard InChI is InChI=1S/C8H8BrN3OS/c1-5-11-8(13-12-5)10-4-7-6(9)2-3-14-7/h2-3H,4H2,1H3,(H,10,11,12). The molecule has 0 saturated heterocycles. The van der Waals surface area contributed by atoms with Crippen LogP contribution in [-0.2, 0) is 6.54 Å². The van der Waals surface area contributed by atoms with Gasteiger partial charge >= 0.3 is 6.01 Å². The first-order valence-corrected chi connectivity index (χ1v) is 5.69. The number of thiophene rings is 1. The summed E-state index contributed by atoms with van der Waals surface area (Å²) < 4.78 is 6.02. The van der Waals surface area contributed by atoms with E-state index in [-0.39, 0.29) is 0 Å². The average molecular weight is 274 g/mol. The van der Waals surface area contributed by atoms with Crippen molar-refractivity contribution >= 4 is 33.3 Å². The van der Waals surface area contributed by atoms with Crippen molar-refractivity contribution in [3.63, 3.8) is 0 Å². The van der Waals surface area contributed by atoms with Gasteiger partial charge in [0.2, 0.25) is 0 Å². The smallest absolute Gasteiger partial charge is 0.321 e. The SMILES string of the molecule is Cc1noc(NCc2sccc2Br)n1. The molecule has 0 atom stereocenters. The molecule has 0 amide bonds. The summed E-state index contributed by atoms with van der Waals surface area (Å²) in [6.07, 6.45) is 0. The zero-order chi connectivity index (χ0) is 9.97. The van der Waals surface area contributed by atoms with Crippen LogP contribution in [0.25, 0.3) is 0 Å².